The highest BCUT2D eigenvalue weighted by molar-refractivity contribution is 7.91. The third-order valence-electron chi connectivity index (χ3n) is 7.58. The number of sulfone groups is 1. The highest BCUT2D eigenvalue weighted by Crippen LogP contribution is 2.22. The van der Waals surface area contributed by atoms with Crippen molar-refractivity contribution < 1.29 is 31.2 Å². The topological polar surface area (TPSA) is 176 Å². The summed E-state index contributed by atoms with van der Waals surface area (Å²) in [4.78, 5) is 42.9. The van der Waals surface area contributed by atoms with Crippen LogP contribution in [-0.4, -0.2) is 87.6 Å². The second-order valence-electron chi connectivity index (χ2n) is 10.7. The summed E-state index contributed by atoms with van der Waals surface area (Å²) in [6.45, 7) is 0.505. The Morgan fingerprint density at radius 2 is 1.72 bits per heavy atom. The normalized spacial score (nSPS) is 19.2. The number of hydrogen-bond acceptors (Lipinski definition) is 8. The van der Waals surface area contributed by atoms with E-state index in [-0.39, 0.29) is 44.2 Å². The largest absolute Gasteiger partial charge is 0.350 e. The maximum absolute atomic E-state index is 13.8. The fraction of sp³-hybridized carbons (Fsp3) is 0.464. The predicted octanol–water partition coefficient (Wildman–Crippen LogP) is 0.541. The molecule has 234 valence electrons. The van der Waals surface area contributed by atoms with Crippen molar-refractivity contribution in [2.45, 2.75) is 50.2 Å². The van der Waals surface area contributed by atoms with Gasteiger partial charge in [-0.15, -0.1) is 0 Å². The Balaban J connectivity index is 1.50. The summed E-state index contributed by atoms with van der Waals surface area (Å²) in [6.07, 6.45) is 0.356. The standard InChI is InChI=1S/C28H36ClN5O7S2/c29-23-9-8-21(17-30)22(15-23)18-31-27(36)25-7-4-10-34(25)28(37)24(16-26(35)33-11-13-42(38,39)14-12-33)32-43(40,41)19-20-5-2-1-3-6-20/h1-3,5-6,8-9,15,24-25,32H,4,7,10-14,16-19,30H2,(H,31,36). The number of nitrogens with one attached hydrogen (secondary N) is 2. The summed E-state index contributed by atoms with van der Waals surface area (Å²) >= 11 is 6.11. The Kier molecular flexibility index (Phi) is 10.8. The second kappa shape index (κ2) is 14.2. The summed E-state index contributed by atoms with van der Waals surface area (Å²) in [5, 5.41) is 3.32. The van der Waals surface area contributed by atoms with Crippen molar-refractivity contribution in [3.8, 4) is 0 Å². The molecule has 0 bridgehead atoms. The van der Waals surface area contributed by atoms with Crippen LogP contribution in [0.5, 0.6) is 0 Å². The number of benzene rings is 2. The lowest BCUT2D eigenvalue weighted by Crippen LogP contribution is -2.55. The molecule has 4 N–H and O–H groups in total. The molecule has 0 saturated carbocycles. The zero-order valence-corrected chi connectivity index (χ0v) is 26.0. The van der Waals surface area contributed by atoms with Crippen LogP contribution in [0.3, 0.4) is 0 Å². The first kappa shape index (κ1) is 32.9. The van der Waals surface area contributed by atoms with E-state index < -0.39 is 61.8 Å². The Bertz CT molecular complexity index is 1540. The molecule has 2 saturated heterocycles. The molecule has 15 heteroatoms. The van der Waals surface area contributed by atoms with Gasteiger partial charge < -0.3 is 20.9 Å². The zero-order chi connectivity index (χ0) is 31.2. The van der Waals surface area contributed by atoms with Crippen LogP contribution in [0.15, 0.2) is 48.5 Å². The molecular formula is C28H36ClN5O7S2. The average molecular weight is 654 g/mol. The van der Waals surface area contributed by atoms with Gasteiger partial charge in [-0.25, -0.2) is 21.6 Å². The van der Waals surface area contributed by atoms with E-state index in [1.807, 2.05) is 0 Å². The molecule has 0 aromatic heterocycles. The van der Waals surface area contributed by atoms with Crippen molar-refractivity contribution in [3.63, 3.8) is 0 Å². The molecule has 2 aromatic rings. The van der Waals surface area contributed by atoms with Gasteiger partial charge in [-0.1, -0.05) is 48.0 Å². The monoisotopic (exact) mass is 653 g/mol. The van der Waals surface area contributed by atoms with Crippen molar-refractivity contribution in [1.29, 1.82) is 0 Å². The van der Waals surface area contributed by atoms with E-state index in [2.05, 4.69) is 10.0 Å². The fourth-order valence-electron chi connectivity index (χ4n) is 5.26. The smallest absolute Gasteiger partial charge is 0.243 e. The first-order valence-electron chi connectivity index (χ1n) is 13.9. The second-order valence-corrected chi connectivity index (χ2v) is 15.2. The van der Waals surface area contributed by atoms with Crippen LogP contribution < -0.4 is 15.8 Å². The van der Waals surface area contributed by atoms with Gasteiger partial charge in [0.1, 0.15) is 12.1 Å². The SMILES string of the molecule is NCc1ccc(Cl)cc1CNC(=O)C1CCCN1C(=O)C(CC(=O)N1CCS(=O)(=O)CC1)NS(=O)(=O)Cc1ccccc1. The van der Waals surface area contributed by atoms with Gasteiger partial charge in [0.2, 0.25) is 27.7 Å². The van der Waals surface area contributed by atoms with Crippen molar-refractivity contribution in [2.75, 3.05) is 31.1 Å². The summed E-state index contributed by atoms with van der Waals surface area (Å²) in [6, 6.07) is 11.2. The van der Waals surface area contributed by atoms with Crippen LogP contribution in [0.1, 0.15) is 36.0 Å². The fourth-order valence-corrected chi connectivity index (χ4v) is 7.99. The van der Waals surface area contributed by atoms with E-state index in [1.165, 1.54) is 9.80 Å². The minimum absolute atomic E-state index is 0.0398. The minimum Gasteiger partial charge on any atom is -0.350 e. The lowest BCUT2D eigenvalue weighted by Gasteiger charge is -2.31. The lowest BCUT2D eigenvalue weighted by molar-refractivity contribution is -0.142. The molecule has 2 aromatic carbocycles. The Morgan fingerprint density at radius 1 is 1.02 bits per heavy atom. The number of carbonyl (C=O) groups is 3. The third kappa shape index (κ3) is 8.99. The Labute approximate surface area is 256 Å². The third-order valence-corrected chi connectivity index (χ3v) is 10.8. The van der Waals surface area contributed by atoms with E-state index in [4.69, 9.17) is 17.3 Å². The number of halogens is 1. The highest BCUT2D eigenvalue weighted by atomic mass is 35.5. The van der Waals surface area contributed by atoms with Crippen LogP contribution in [0.4, 0.5) is 0 Å². The van der Waals surface area contributed by atoms with Gasteiger partial charge in [-0.05, 0) is 41.7 Å². The summed E-state index contributed by atoms with van der Waals surface area (Å²) in [5.41, 5.74) is 7.84. The van der Waals surface area contributed by atoms with Crippen molar-refractivity contribution in [2.24, 2.45) is 5.73 Å². The Morgan fingerprint density at radius 3 is 2.40 bits per heavy atom. The molecule has 12 nitrogen and oxygen atoms in total. The maximum atomic E-state index is 13.8. The molecule has 2 unspecified atom stereocenters. The van der Waals surface area contributed by atoms with Gasteiger partial charge in [-0.2, -0.15) is 0 Å². The number of carbonyl (C=O) groups excluding carboxylic acids is 3. The predicted molar refractivity (Wildman–Crippen MR) is 162 cm³/mol. The molecule has 2 fully saturated rings. The van der Waals surface area contributed by atoms with E-state index in [0.717, 1.165) is 11.1 Å². The molecule has 3 amide bonds. The van der Waals surface area contributed by atoms with Crippen LogP contribution in [0.25, 0.3) is 0 Å². The quantitative estimate of drug-likeness (QED) is 0.315. The maximum Gasteiger partial charge on any atom is 0.243 e. The van der Waals surface area contributed by atoms with Crippen LogP contribution in [0, 0.1) is 0 Å². The number of amides is 3. The van der Waals surface area contributed by atoms with Gasteiger partial charge in [0, 0.05) is 37.7 Å². The van der Waals surface area contributed by atoms with E-state index >= 15 is 0 Å². The Hall–Kier alpha value is -3.04. The number of hydrogen-bond donors (Lipinski definition) is 3. The molecule has 0 aliphatic carbocycles. The van der Waals surface area contributed by atoms with Crippen molar-refractivity contribution in [3.05, 3.63) is 70.2 Å². The first-order chi connectivity index (χ1) is 20.4. The number of rotatable bonds is 11. The molecular weight excluding hydrogens is 618 g/mol. The summed E-state index contributed by atoms with van der Waals surface area (Å²) in [5.74, 6) is -2.50. The average Bonchev–Trinajstić information content (AvgIpc) is 3.45. The molecule has 43 heavy (non-hydrogen) atoms. The molecule has 0 radical (unpaired) electrons. The van der Waals surface area contributed by atoms with Crippen molar-refractivity contribution in [1.82, 2.24) is 19.8 Å². The number of nitrogens with two attached hydrogens (primary N) is 1. The molecule has 2 heterocycles. The molecule has 4 rings (SSSR count). The van der Waals surface area contributed by atoms with E-state index in [9.17, 15) is 31.2 Å². The molecule has 2 aliphatic heterocycles. The summed E-state index contributed by atoms with van der Waals surface area (Å²) in [7, 11) is -7.35. The van der Waals surface area contributed by atoms with E-state index in [1.54, 1.807) is 48.5 Å². The number of sulfonamides is 1. The van der Waals surface area contributed by atoms with Gasteiger partial charge >= 0.3 is 0 Å². The summed E-state index contributed by atoms with van der Waals surface area (Å²) < 4.78 is 52.4. The van der Waals surface area contributed by atoms with Gasteiger partial charge in [0.15, 0.2) is 9.84 Å². The van der Waals surface area contributed by atoms with Crippen molar-refractivity contribution >= 4 is 49.2 Å². The number of likely N-dealkylation sites (tertiary alicyclic amines) is 1. The highest BCUT2D eigenvalue weighted by Gasteiger charge is 2.40. The van der Waals surface area contributed by atoms with Crippen LogP contribution in [-0.2, 0) is 53.1 Å². The van der Waals surface area contributed by atoms with E-state index in [0.29, 0.717) is 23.4 Å². The van der Waals surface area contributed by atoms with Crippen LogP contribution >= 0.6 is 11.6 Å². The first-order valence-corrected chi connectivity index (χ1v) is 17.8. The zero-order valence-electron chi connectivity index (χ0n) is 23.6. The minimum atomic E-state index is -4.09. The molecule has 0 spiro atoms. The lowest BCUT2D eigenvalue weighted by atomic mass is 10.1. The van der Waals surface area contributed by atoms with Gasteiger partial charge in [0.25, 0.3) is 0 Å². The molecule has 2 atom stereocenters. The van der Waals surface area contributed by atoms with Gasteiger partial charge in [0.05, 0.1) is 23.7 Å². The van der Waals surface area contributed by atoms with Gasteiger partial charge in [-0.3, -0.25) is 14.4 Å². The van der Waals surface area contributed by atoms with Crippen LogP contribution in [0.2, 0.25) is 5.02 Å². The molecule has 2 aliphatic rings. The number of nitrogens with zero attached hydrogens (tertiary/aromatic N) is 2.